The summed E-state index contributed by atoms with van der Waals surface area (Å²) in [5.41, 5.74) is 1.60. The highest BCUT2D eigenvalue weighted by atomic mass is 16.1. The number of carbonyl (C=O) groups is 1. The fraction of sp³-hybridized carbons (Fsp3) is 0.250. The molecule has 0 aliphatic carbocycles. The second-order valence-electron chi connectivity index (χ2n) is 3.74. The molecule has 2 N–H and O–H groups in total. The Morgan fingerprint density at radius 2 is 2.35 bits per heavy atom. The number of rotatable bonds is 4. The molecule has 0 spiro atoms. The van der Waals surface area contributed by atoms with Crippen LogP contribution in [0.2, 0.25) is 0 Å². The molecular formula is C12H14N4O. The van der Waals surface area contributed by atoms with Crippen molar-refractivity contribution in [2.24, 2.45) is 0 Å². The van der Waals surface area contributed by atoms with Crippen molar-refractivity contribution in [2.75, 3.05) is 6.54 Å². The van der Waals surface area contributed by atoms with Gasteiger partial charge in [-0.05, 0) is 19.1 Å². The number of aromatic nitrogens is 3. The molecule has 2 rings (SSSR count). The van der Waals surface area contributed by atoms with Crippen molar-refractivity contribution in [1.29, 1.82) is 0 Å². The summed E-state index contributed by atoms with van der Waals surface area (Å²) >= 11 is 0. The number of imidazole rings is 1. The summed E-state index contributed by atoms with van der Waals surface area (Å²) in [6, 6.07) is 3.48. The average Bonchev–Trinajstić information content (AvgIpc) is 2.76. The minimum absolute atomic E-state index is 0.102. The van der Waals surface area contributed by atoms with Crippen LogP contribution in [-0.4, -0.2) is 27.4 Å². The molecule has 0 aliphatic rings. The van der Waals surface area contributed by atoms with Gasteiger partial charge in [-0.1, -0.05) is 0 Å². The van der Waals surface area contributed by atoms with Crippen LogP contribution in [0.3, 0.4) is 0 Å². The SMILES string of the molecule is Cc1ncc(CCNC(=O)c2cccnc2)[nH]1. The van der Waals surface area contributed by atoms with E-state index in [2.05, 4.69) is 20.3 Å². The highest BCUT2D eigenvalue weighted by Gasteiger charge is 2.04. The summed E-state index contributed by atoms with van der Waals surface area (Å²) in [6.07, 6.45) is 5.72. The number of pyridine rings is 1. The van der Waals surface area contributed by atoms with Crippen LogP contribution in [0, 0.1) is 6.92 Å². The quantitative estimate of drug-likeness (QED) is 0.825. The Morgan fingerprint density at radius 1 is 1.47 bits per heavy atom. The van der Waals surface area contributed by atoms with Crippen LogP contribution in [-0.2, 0) is 6.42 Å². The zero-order chi connectivity index (χ0) is 12.1. The fourth-order valence-electron chi connectivity index (χ4n) is 1.51. The molecule has 88 valence electrons. The standard InChI is InChI=1S/C12H14N4O/c1-9-15-8-11(16-9)4-6-14-12(17)10-3-2-5-13-7-10/h2-3,5,7-8H,4,6H2,1H3,(H,14,17)(H,15,16). The first kappa shape index (κ1) is 11.3. The molecule has 2 aromatic heterocycles. The molecule has 0 saturated heterocycles. The predicted molar refractivity (Wildman–Crippen MR) is 63.6 cm³/mol. The topological polar surface area (TPSA) is 70.7 Å². The highest BCUT2D eigenvalue weighted by Crippen LogP contribution is 1.97. The molecule has 1 amide bonds. The van der Waals surface area contributed by atoms with Crippen molar-refractivity contribution < 1.29 is 4.79 Å². The van der Waals surface area contributed by atoms with E-state index in [9.17, 15) is 4.79 Å². The number of carbonyl (C=O) groups excluding carboxylic acids is 1. The monoisotopic (exact) mass is 230 g/mol. The van der Waals surface area contributed by atoms with E-state index in [0.717, 1.165) is 17.9 Å². The van der Waals surface area contributed by atoms with Crippen LogP contribution >= 0.6 is 0 Å². The lowest BCUT2D eigenvalue weighted by Crippen LogP contribution is -2.25. The van der Waals surface area contributed by atoms with Gasteiger partial charge in [-0.3, -0.25) is 9.78 Å². The Balaban J connectivity index is 1.81. The predicted octanol–water partition coefficient (Wildman–Crippen LogP) is 1.09. The second-order valence-corrected chi connectivity index (χ2v) is 3.74. The lowest BCUT2D eigenvalue weighted by molar-refractivity contribution is 0.0953. The van der Waals surface area contributed by atoms with Gasteiger partial charge in [-0.25, -0.2) is 4.98 Å². The number of hydrogen-bond acceptors (Lipinski definition) is 3. The van der Waals surface area contributed by atoms with E-state index < -0.39 is 0 Å². The molecule has 0 saturated carbocycles. The molecule has 5 heteroatoms. The number of nitrogens with one attached hydrogen (secondary N) is 2. The van der Waals surface area contributed by atoms with Crippen LogP contribution in [0.15, 0.2) is 30.7 Å². The maximum absolute atomic E-state index is 11.7. The number of aromatic amines is 1. The Labute approximate surface area is 99.3 Å². The molecule has 2 heterocycles. The zero-order valence-corrected chi connectivity index (χ0v) is 9.60. The summed E-state index contributed by atoms with van der Waals surface area (Å²) in [5.74, 6) is 0.785. The molecule has 0 fully saturated rings. The van der Waals surface area contributed by atoms with E-state index in [1.54, 1.807) is 30.7 Å². The van der Waals surface area contributed by atoms with E-state index in [-0.39, 0.29) is 5.91 Å². The molecule has 0 aromatic carbocycles. The molecular weight excluding hydrogens is 216 g/mol. The van der Waals surface area contributed by atoms with Crippen molar-refractivity contribution >= 4 is 5.91 Å². The van der Waals surface area contributed by atoms with Crippen molar-refractivity contribution in [3.63, 3.8) is 0 Å². The third kappa shape index (κ3) is 3.14. The molecule has 2 aromatic rings. The van der Waals surface area contributed by atoms with Gasteiger partial charge in [0, 0.05) is 37.3 Å². The Hall–Kier alpha value is -2.17. The van der Waals surface area contributed by atoms with Crippen molar-refractivity contribution in [1.82, 2.24) is 20.3 Å². The molecule has 0 bridgehead atoms. The van der Waals surface area contributed by atoms with Gasteiger partial charge in [0.2, 0.25) is 0 Å². The van der Waals surface area contributed by atoms with E-state index in [1.165, 1.54) is 0 Å². The number of H-pyrrole nitrogens is 1. The summed E-state index contributed by atoms with van der Waals surface area (Å²) in [7, 11) is 0. The molecule has 0 radical (unpaired) electrons. The van der Waals surface area contributed by atoms with Gasteiger partial charge in [0.05, 0.1) is 5.56 Å². The smallest absolute Gasteiger partial charge is 0.252 e. The van der Waals surface area contributed by atoms with E-state index >= 15 is 0 Å². The van der Waals surface area contributed by atoms with Crippen molar-refractivity contribution in [2.45, 2.75) is 13.3 Å². The Morgan fingerprint density at radius 3 is 3.00 bits per heavy atom. The van der Waals surface area contributed by atoms with Gasteiger partial charge >= 0.3 is 0 Å². The first-order valence-electron chi connectivity index (χ1n) is 5.44. The lowest BCUT2D eigenvalue weighted by atomic mass is 10.2. The third-order valence-electron chi connectivity index (χ3n) is 2.36. The second kappa shape index (κ2) is 5.25. The van der Waals surface area contributed by atoms with Gasteiger partial charge in [0.1, 0.15) is 5.82 Å². The normalized spacial score (nSPS) is 10.2. The largest absolute Gasteiger partial charge is 0.352 e. The number of aryl methyl sites for hydroxylation is 1. The molecule has 17 heavy (non-hydrogen) atoms. The highest BCUT2D eigenvalue weighted by molar-refractivity contribution is 5.93. The maximum atomic E-state index is 11.7. The van der Waals surface area contributed by atoms with Crippen molar-refractivity contribution in [3.8, 4) is 0 Å². The van der Waals surface area contributed by atoms with Crippen molar-refractivity contribution in [3.05, 3.63) is 47.8 Å². The summed E-state index contributed by atoms with van der Waals surface area (Å²) < 4.78 is 0. The van der Waals surface area contributed by atoms with Gasteiger partial charge in [-0.15, -0.1) is 0 Å². The number of amides is 1. The van der Waals surface area contributed by atoms with Gasteiger partial charge in [0.25, 0.3) is 5.91 Å². The average molecular weight is 230 g/mol. The van der Waals surface area contributed by atoms with Gasteiger partial charge in [-0.2, -0.15) is 0 Å². The van der Waals surface area contributed by atoms with Gasteiger partial charge in [0.15, 0.2) is 0 Å². The Kier molecular flexibility index (Phi) is 3.49. The van der Waals surface area contributed by atoms with Crippen LogP contribution in [0.25, 0.3) is 0 Å². The maximum Gasteiger partial charge on any atom is 0.252 e. The molecule has 0 aliphatic heterocycles. The van der Waals surface area contributed by atoms with E-state index in [1.807, 2.05) is 6.92 Å². The first-order chi connectivity index (χ1) is 8.25. The Bertz CT molecular complexity index is 492. The fourth-order valence-corrected chi connectivity index (χ4v) is 1.51. The van der Waals surface area contributed by atoms with Crippen LogP contribution in [0.1, 0.15) is 21.9 Å². The van der Waals surface area contributed by atoms with Gasteiger partial charge < -0.3 is 10.3 Å². The number of nitrogens with zero attached hydrogens (tertiary/aromatic N) is 2. The molecule has 0 atom stereocenters. The van der Waals surface area contributed by atoms with Crippen LogP contribution in [0.4, 0.5) is 0 Å². The molecule has 0 unspecified atom stereocenters. The molecule has 5 nitrogen and oxygen atoms in total. The number of hydrogen-bond donors (Lipinski definition) is 2. The van der Waals surface area contributed by atoms with Crippen LogP contribution < -0.4 is 5.32 Å². The van der Waals surface area contributed by atoms with Crippen LogP contribution in [0.5, 0.6) is 0 Å². The zero-order valence-electron chi connectivity index (χ0n) is 9.60. The first-order valence-corrected chi connectivity index (χ1v) is 5.44. The lowest BCUT2D eigenvalue weighted by Gasteiger charge is -2.03. The van der Waals surface area contributed by atoms with E-state index in [0.29, 0.717) is 12.1 Å². The minimum Gasteiger partial charge on any atom is -0.352 e. The minimum atomic E-state index is -0.102. The summed E-state index contributed by atoms with van der Waals surface area (Å²) in [6.45, 7) is 2.48. The summed E-state index contributed by atoms with van der Waals surface area (Å²) in [5, 5.41) is 2.83. The summed E-state index contributed by atoms with van der Waals surface area (Å²) in [4.78, 5) is 22.8. The van der Waals surface area contributed by atoms with E-state index in [4.69, 9.17) is 0 Å². The third-order valence-corrected chi connectivity index (χ3v) is 2.36.